The number of benzene rings is 2. The highest BCUT2D eigenvalue weighted by Gasteiger charge is 2.45. The zero-order chi connectivity index (χ0) is 17.6. The Labute approximate surface area is 150 Å². The Kier molecular flexibility index (Phi) is 3.83. The van der Waals surface area contributed by atoms with Gasteiger partial charge < -0.3 is 10.3 Å². The molecule has 2 aromatic carbocycles. The molecule has 0 saturated heterocycles. The highest BCUT2D eigenvalue weighted by molar-refractivity contribution is 9.10. The number of imidazole rings is 1. The number of fused-ring (bicyclic) bond motifs is 1. The fourth-order valence-electron chi connectivity index (χ4n) is 2.94. The Hall–Kier alpha value is -2.28. The Morgan fingerprint density at radius 2 is 1.92 bits per heavy atom. The predicted octanol–water partition coefficient (Wildman–Crippen LogP) is 4.68. The molecular formula is C18H14BrF2N3O. The van der Waals surface area contributed by atoms with Gasteiger partial charge >= 0.3 is 0 Å². The number of nitrogens with one attached hydrogen (secondary N) is 2. The van der Waals surface area contributed by atoms with E-state index in [2.05, 4.69) is 31.2 Å². The van der Waals surface area contributed by atoms with Crippen molar-refractivity contribution in [2.75, 3.05) is 0 Å². The van der Waals surface area contributed by atoms with Crippen LogP contribution in [0.25, 0.3) is 11.0 Å². The van der Waals surface area contributed by atoms with Gasteiger partial charge in [0.05, 0.1) is 16.6 Å². The molecule has 1 aromatic heterocycles. The standard InChI is InChI=1S/C18H14BrF2N3O/c19-12-4-2-11(3-5-12)18(7-8-18)24-17(25)10-1-6-13-14(9-10)23-16(22-13)15(20)21/h1-6,9,15H,7-8H2,(H,22,23)(H,24,25). The topological polar surface area (TPSA) is 57.8 Å². The molecule has 0 radical (unpaired) electrons. The van der Waals surface area contributed by atoms with Gasteiger partial charge in [0.25, 0.3) is 12.3 Å². The van der Waals surface area contributed by atoms with Crippen LogP contribution < -0.4 is 5.32 Å². The van der Waals surface area contributed by atoms with Crippen LogP contribution in [0.5, 0.6) is 0 Å². The summed E-state index contributed by atoms with van der Waals surface area (Å²) in [5, 5.41) is 3.08. The Balaban J connectivity index is 1.58. The quantitative estimate of drug-likeness (QED) is 0.661. The molecule has 4 rings (SSSR count). The minimum absolute atomic E-state index is 0.226. The summed E-state index contributed by atoms with van der Waals surface area (Å²) in [6, 6.07) is 12.6. The smallest absolute Gasteiger partial charge is 0.295 e. The minimum atomic E-state index is -2.67. The summed E-state index contributed by atoms with van der Waals surface area (Å²) in [6.07, 6.45) is -0.915. The van der Waals surface area contributed by atoms with Crippen molar-refractivity contribution in [1.82, 2.24) is 15.3 Å². The second-order valence-corrected chi connectivity index (χ2v) is 7.11. The largest absolute Gasteiger partial charge is 0.343 e. The Morgan fingerprint density at radius 3 is 2.56 bits per heavy atom. The van der Waals surface area contributed by atoms with Gasteiger partial charge in [-0.1, -0.05) is 28.1 Å². The second-order valence-electron chi connectivity index (χ2n) is 6.20. The first-order chi connectivity index (χ1) is 12.0. The summed E-state index contributed by atoms with van der Waals surface area (Å²) < 4.78 is 26.5. The van der Waals surface area contributed by atoms with E-state index in [4.69, 9.17) is 0 Å². The molecule has 1 heterocycles. The van der Waals surface area contributed by atoms with E-state index in [-0.39, 0.29) is 17.3 Å². The minimum Gasteiger partial charge on any atom is -0.343 e. The maximum absolute atomic E-state index is 12.7. The molecule has 0 atom stereocenters. The lowest BCUT2D eigenvalue weighted by molar-refractivity contribution is 0.0931. The number of hydrogen-bond donors (Lipinski definition) is 2. The van der Waals surface area contributed by atoms with Gasteiger partial charge in [-0.3, -0.25) is 4.79 Å². The van der Waals surface area contributed by atoms with Crippen LogP contribution in [0.2, 0.25) is 0 Å². The zero-order valence-corrected chi connectivity index (χ0v) is 14.6. The van der Waals surface area contributed by atoms with Crippen LogP contribution in [-0.4, -0.2) is 15.9 Å². The molecule has 1 aliphatic carbocycles. The van der Waals surface area contributed by atoms with Crippen LogP contribution in [0, 0.1) is 0 Å². The number of hydrogen-bond acceptors (Lipinski definition) is 2. The summed E-state index contributed by atoms with van der Waals surface area (Å²) in [7, 11) is 0. The van der Waals surface area contributed by atoms with Gasteiger partial charge in [0.1, 0.15) is 0 Å². The molecule has 1 fully saturated rings. The Bertz CT molecular complexity index is 949. The number of nitrogens with zero attached hydrogens (tertiary/aromatic N) is 1. The average molecular weight is 406 g/mol. The number of carbonyl (C=O) groups excluding carboxylic acids is 1. The van der Waals surface area contributed by atoms with Gasteiger partial charge in [-0.25, -0.2) is 13.8 Å². The Morgan fingerprint density at radius 1 is 1.20 bits per heavy atom. The molecule has 0 unspecified atom stereocenters. The molecule has 1 saturated carbocycles. The van der Waals surface area contributed by atoms with Crippen molar-refractivity contribution in [3.63, 3.8) is 0 Å². The monoisotopic (exact) mass is 405 g/mol. The molecule has 0 spiro atoms. The summed E-state index contributed by atoms with van der Waals surface area (Å²) in [5.41, 5.74) is 1.99. The lowest BCUT2D eigenvalue weighted by Crippen LogP contribution is -2.34. The van der Waals surface area contributed by atoms with E-state index in [0.29, 0.717) is 16.6 Å². The molecule has 0 aliphatic heterocycles. The van der Waals surface area contributed by atoms with Crippen molar-refractivity contribution in [3.05, 3.63) is 63.9 Å². The molecule has 7 heteroatoms. The molecule has 1 aliphatic rings. The molecule has 128 valence electrons. The fraction of sp³-hybridized carbons (Fsp3) is 0.222. The van der Waals surface area contributed by atoms with E-state index in [1.165, 1.54) is 0 Å². The lowest BCUT2D eigenvalue weighted by Gasteiger charge is -2.18. The van der Waals surface area contributed by atoms with Crippen molar-refractivity contribution >= 4 is 32.9 Å². The summed E-state index contributed by atoms with van der Waals surface area (Å²) in [4.78, 5) is 19.0. The van der Waals surface area contributed by atoms with E-state index < -0.39 is 6.43 Å². The van der Waals surface area contributed by atoms with Crippen molar-refractivity contribution in [3.8, 4) is 0 Å². The zero-order valence-electron chi connectivity index (χ0n) is 13.0. The van der Waals surface area contributed by atoms with Crippen molar-refractivity contribution in [2.45, 2.75) is 24.8 Å². The van der Waals surface area contributed by atoms with Crippen LogP contribution in [0.1, 0.15) is 41.0 Å². The van der Waals surface area contributed by atoms with Gasteiger partial charge in [0.2, 0.25) is 0 Å². The SMILES string of the molecule is O=C(NC1(c2ccc(Br)cc2)CC1)c1ccc2nc(C(F)F)[nH]c2c1. The first kappa shape index (κ1) is 16.2. The normalized spacial score (nSPS) is 15.5. The highest BCUT2D eigenvalue weighted by Crippen LogP contribution is 2.45. The van der Waals surface area contributed by atoms with Crippen molar-refractivity contribution < 1.29 is 13.6 Å². The van der Waals surface area contributed by atoms with E-state index in [9.17, 15) is 13.6 Å². The lowest BCUT2D eigenvalue weighted by atomic mass is 10.0. The maximum Gasteiger partial charge on any atom is 0.295 e. The summed E-state index contributed by atoms with van der Waals surface area (Å²) in [5.74, 6) is -0.614. The number of alkyl halides is 2. The average Bonchev–Trinajstić information content (AvgIpc) is 3.23. The van der Waals surface area contributed by atoms with Crippen LogP contribution in [0.4, 0.5) is 8.78 Å². The third-order valence-electron chi connectivity index (χ3n) is 4.47. The number of rotatable bonds is 4. The third kappa shape index (κ3) is 3.04. The molecule has 25 heavy (non-hydrogen) atoms. The van der Waals surface area contributed by atoms with Crippen molar-refractivity contribution in [2.24, 2.45) is 0 Å². The van der Waals surface area contributed by atoms with E-state index >= 15 is 0 Å². The number of H-pyrrole nitrogens is 1. The van der Waals surface area contributed by atoms with Crippen LogP contribution >= 0.6 is 15.9 Å². The third-order valence-corrected chi connectivity index (χ3v) is 5.00. The molecule has 0 bridgehead atoms. The van der Waals surface area contributed by atoms with E-state index in [1.807, 2.05) is 24.3 Å². The van der Waals surface area contributed by atoms with Gasteiger partial charge in [0, 0.05) is 10.0 Å². The first-order valence-corrected chi connectivity index (χ1v) is 8.62. The first-order valence-electron chi connectivity index (χ1n) is 7.83. The van der Waals surface area contributed by atoms with Crippen LogP contribution in [0.15, 0.2) is 46.9 Å². The molecule has 2 N–H and O–H groups in total. The number of aromatic nitrogens is 2. The molecule has 3 aromatic rings. The molecule has 4 nitrogen and oxygen atoms in total. The molecular weight excluding hydrogens is 392 g/mol. The van der Waals surface area contributed by atoms with Gasteiger partial charge in [-0.2, -0.15) is 0 Å². The highest BCUT2D eigenvalue weighted by atomic mass is 79.9. The maximum atomic E-state index is 12.7. The number of amides is 1. The predicted molar refractivity (Wildman–Crippen MR) is 93.6 cm³/mol. The second kappa shape index (κ2) is 5.91. The van der Waals surface area contributed by atoms with Crippen LogP contribution in [0.3, 0.4) is 0 Å². The van der Waals surface area contributed by atoms with E-state index in [1.54, 1.807) is 18.2 Å². The van der Waals surface area contributed by atoms with Gasteiger partial charge in [0.15, 0.2) is 5.82 Å². The van der Waals surface area contributed by atoms with E-state index in [0.717, 1.165) is 22.9 Å². The fourth-order valence-corrected chi connectivity index (χ4v) is 3.21. The summed E-state index contributed by atoms with van der Waals surface area (Å²) >= 11 is 3.41. The van der Waals surface area contributed by atoms with Crippen molar-refractivity contribution in [1.29, 1.82) is 0 Å². The number of carbonyl (C=O) groups is 1. The van der Waals surface area contributed by atoms with Gasteiger partial charge in [-0.05, 0) is 48.7 Å². The number of halogens is 3. The van der Waals surface area contributed by atoms with Gasteiger partial charge in [-0.15, -0.1) is 0 Å². The molecule has 1 amide bonds. The van der Waals surface area contributed by atoms with Crippen LogP contribution in [-0.2, 0) is 5.54 Å². The summed E-state index contributed by atoms with van der Waals surface area (Å²) in [6.45, 7) is 0. The number of aromatic amines is 1.